The minimum absolute atomic E-state index is 0.0847. The van der Waals surface area contributed by atoms with E-state index in [-0.39, 0.29) is 11.9 Å². The Balaban J connectivity index is 1.37. The van der Waals surface area contributed by atoms with Gasteiger partial charge in [-0.2, -0.15) is 5.26 Å². The SMILES string of the molecule is N#CC1CCCN1C(=O)CN1CC[C@@H](Nc2cncc3ccccc23)C1. The average Bonchev–Trinajstić information content (AvgIpc) is 3.31. The van der Waals surface area contributed by atoms with Crippen LogP contribution in [0.15, 0.2) is 36.7 Å². The molecule has 0 radical (unpaired) electrons. The molecule has 3 heterocycles. The van der Waals surface area contributed by atoms with Crippen molar-refractivity contribution < 1.29 is 4.79 Å². The molecule has 134 valence electrons. The lowest BCUT2D eigenvalue weighted by Gasteiger charge is -2.23. The molecule has 1 unspecified atom stereocenters. The highest BCUT2D eigenvalue weighted by molar-refractivity contribution is 5.92. The normalized spacial score (nSPS) is 23.3. The van der Waals surface area contributed by atoms with E-state index < -0.39 is 0 Å². The zero-order valence-corrected chi connectivity index (χ0v) is 14.8. The van der Waals surface area contributed by atoms with E-state index in [0.29, 0.717) is 19.1 Å². The maximum absolute atomic E-state index is 12.5. The molecule has 4 rings (SSSR count). The van der Waals surface area contributed by atoms with E-state index in [0.717, 1.165) is 43.4 Å². The van der Waals surface area contributed by atoms with Crippen molar-refractivity contribution in [3.8, 4) is 6.07 Å². The fraction of sp³-hybridized carbons (Fsp3) is 0.450. The van der Waals surface area contributed by atoms with E-state index in [1.165, 1.54) is 5.39 Å². The largest absolute Gasteiger partial charge is 0.379 e. The molecule has 6 heteroatoms. The van der Waals surface area contributed by atoms with Gasteiger partial charge in [-0.15, -0.1) is 0 Å². The lowest BCUT2D eigenvalue weighted by Crippen LogP contribution is -2.42. The Labute approximate surface area is 153 Å². The first kappa shape index (κ1) is 16.8. The van der Waals surface area contributed by atoms with Gasteiger partial charge in [0.15, 0.2) is 0 Å². The van der Waals surface area contributed by atoms with Crippen molar-refractivity contribution in [1.29, 1.82) is 5.26 Å². The number of hydrogen-bond donors (Lipinski definition) is 1. The summed E-state index contributed by atoms with van der Waals surface area (Å²) in [5.74, 6) is 0.0847. The van der Waals surface area contributed by atoms with Crippen LogP contribution < -0.4 is 5.32 Å². The molecule has 0 aliphatic carbocycles. The van der Waals surface area contributed by atoms with Gasteiger partial charge in [0.2, 0.25) is 5.91 Å². The third-order valence-corrected chi connectivity index (χ3v) is 5.38. The van der Waals surface area contributed by atoms with Gasteiger partial charge in [-0.3, -0.25) is 14.7 Å². The van der Waals surface area contributed by atoms with E-state index in [4.69, 9.17) is 5.26 Å². The van der Waals surface area contributed by atoms with Gasteiger partial charge in [0.05, 0.1) is 24.5 Å². The van der Waals surface area contributed by atoms with Crippen LogP contribution >= 0.6 is 0 Å². The Kier molecular flexibility index (Phi) is 4.72. The Morgan fingerprint density at radius 3 is 3.04 bits per heavy atom. The van der Waals surface area contributed by atoms with Crippen LogP contribution in [0.3, 0.4) is 0 Å². The van der Waals surface area contributed by atoms with Crippen molar-refractivity contribution in [1.82, 2.24) is 14.8 Å². The van der Waals surface area contributed by atoms with Crippen LogP contribution in [0.5, 0.6) is 0 Å². The van der Waals surface area contributed by atoms with Crippen LogP contribution in [0.25, 0.3) is 10.8 Å². The quantitative estimate of drug-likeness (QED) is 0.916. The van der Waals surface area contributed by atoms with Crippen LogP contribution in [0.4, 0.5) is 5.69 Å². The zero-order chi connectivity index (χ0) is 17.9. The second kappa shape index (κ2) is 7.30. The molecule has 6 nitrogen and oxygen atoms in total. The van der Waals surface area contributed by atoms with Crippen molar-refractivity contribution in [3.63, 3.8) is 0 Å². The summed E-state index contributed by atoms with van der Waals surface area (Å²) in [7, 11) is 0. The molecule has 0 saturated carbocycles. The Hall–Kier alpha value is -2.65. The topological polar surface area (TPSA) is 72.3 Å². The smallest absolute Gasteiger partial charge is 0.237 e. The number of carbonyl (C=O) groups is 1. The molecular weight excluding hydrogens is 326 g/mol. The van der Waals surface area contributed by atoms with Crippen LogP contribution in [-0.2, 0) is 4.79 Å². The molecule has 26 heavy (non-hydrogen) atoms. The number of pyridine rings is 1. The molecule has 2 aliphatic heterocycles. The molecular formula is C20H23N5O. The fourth-order valence-electron chi connectivity index (χ4n) is 4.03. The molecule has 1 aromatic carbocycles. The van der Waals surface area contributed by atoms with Crippen molar-refractivity contribution in [2.24, 2.45) is 0 Å². The number of nitrogens with one attached hydrogen (secondary N) is 1. The second-order valence-electron chi connectivity index (χ2n) is 7.15. The monoisotopic (exact) mass is 349 g/mol. The van der Waals surface area contributed by atoms with Gasteiger partial charge in [-0.1, -0.05) is 24.3 Å². The summed E-state index contributed by atoms with van der Waals surface area (Å²) in [4.78, 5) is 20.8. The number of likely N-dealkylation sites (tertiary alicyclic amines) is 2. The van der Waals surface area contributed by atoms with Gasteiger partial charge < -0.3 is 10.2 Å². The van der Waals surface area contributed by atoms with Gasteiger partial charge in [0, 0.05) is 42.6 Å². The van der Waals surface area contributed by atoms with Gasteiger partial charge in [-0.05, 0) is 19.3 Å². The standard InChI is InChI=1S/C20H23N5O/c21-10-17-5-3-8-25(17)20(26)14-24-9-7-16(13-24)23-19-12-22-11-15-4-1-2-6-18(15)19/h1-2,4,6,11-12,16-17,23H,3,5,7-9,13-14H2/t16-,17?/m1/s1. The molecule has 2 atom stereocenters. The number of nitriles is 1. The summed E-state index contributed by atoms with van der Waals surface area (Å²) < 4.78 is 0. The average molecular weight is 349 g/mol. The van der Waals surface area contributed by atoms with E-state index >= 15 is 0 Å². The van der Waals surface area contributed by atoms with Crippen molar-refractivity contribution in [2.75, 3.05) is 31.5 Å². The first-order valence-corrected chi connectivity index (χ1v) is 9.25. The third kappa shape index (κ3) is 3.35. The maximum Gasteiger partial charge on any atom is 0.237 e. The van der Waals surface area contributed by atoms with Gasteiger partial charge in [-0.25, -0.2) is 0 Å². The number of nitrogens with zero attached hydrogens (tertiary/aromatic N) is 4. The zero-order valence-electron chi connectivity index (χ0n) is 14.8. The Bertz CT molecular complexity index is 840. The first-order valence-electron chi connectivity index (χ1n) is 9.25. The summed E-state index contributed by atoms with van der Waals surface area (Å²) in [6, 6.07) is 10.5. The number of rotatable bonds is 4. The molecule has 0 bridgehead atoms. The molecule has 2 aliphatic rings. The highest BCUT2D eigenvalue weighted by Crippen LogP contribution is 2.24. The molecule has 0 spiro atoms. The Morgan fingerprint density at radius 2 is 2.15 bits per heavy atom. The first-order chi connectivity index (χ1) is 12.7. The van der Waals surface area contributed by atoms with Crippen molar-refractivity contribution in [2.45, 2.75) is 31.3 Å². The van der Waals surface area contributed by atoms with Crippen molar-refractivity contribution in [3.05, 3.63) is 36.7 Å². The number of fused-ring (bicyclic) bond motifs is 1. The summed E-state index contributed by atoms with van der Waals surface area (Å²) in [6.07, 6.45) is 6.49. The van der Waals surface area contributed by atoms with E-state index in [9.17, 15) is 4.79 Å². The highest BCUT2D eigenvalue weighted by atomic mass is 16.2. The third-order valence-electron chi connectivity index (χ3n) is 5.38. The lowest BCUT2D eigenvalue weighted by atomic mass is 10.1. The van der Waals surface area contributed by atoms with E-state index in [1.807, 2.05) is 24.5 Å². The summed E-state index contributed by atoms with van der Waals surface area (Å²) in [5, 5.41) is 15.1. The van der Waals surface area contributed by atoms with E-state index in [1.54, 1.807) is 4.90 Å². The summed E-state index contributed by atoms with van der Waals surface area (Å²) in [5.41, 5.74) is 1.05. The molecule has 1 amide bonds. The second-order valence-corrected chi connectivity index (χ2v) is 7.15. The van der Waals surface area contributed by atoms with Crippen LogP contribution in [0, 0.1) is 11.3 Å². The van der Waals surface area contributed by atoms with Crippen molar-refractivity contribution >= 4 is 22.4 Å². The predicted molar refractivity (Wildman–Crippen MR) is 101 cm³/mol. The van der Waals surface area contributed by atoms with E-state index in [2.05, 4.69) is 33.4 Å². The molecule has 2 saturated heterocycles. The number of aromatic nitrogens is 1. The number of amides is 1. The number of anilines is 1. The summed E-state index contributed by atoms with van der Waals surface area (Å²) >= 11 is 0. The van der Waals surface area contributed by atoms with Crippen LogP contribution in [0.1, 0.15) is 19.3 Å². The van der Waals surface area contributed by atoms with Crippen LogP contribution in [-0.4, -0.2) is 59.0 Å². The van der Waals surface area contributed by atoms with Gasteiger partial charge >= 0.3 is 0 Å². The minimum Gasteiger partial charge on any atom is -0.379 e. The maximum atomic E-state index is 12.5. The number of hydrogen-bond acceptors (Lipinski definition) is 5. The lowest BCUT2D eigenvalue weighted by molar-refractivity contribution is -0.132. The fourth-order valence-corrected chi connectivity index (χ4v) is 4.03. The highest BCUT2D eigenvalue weighted by Gasteiger charge is 2.31. The minimum atomic E-state index is -0.235. The molecule has 1 aromatic heterocycles. The van der Waals surface area contributed by atoms with Gasteiger partial charge in [0.25, 0.3) is 0 Å². The Morgan fingerprint density at radius 1 is 1.27 bits per heavy atom. The molecule has 1 N–H and O–H groups in total. The van der Waals surface area contributed by atoms with Gasteiger partial charge in [0.1, 0.15) is 6.04 Å². The number of benzene rings is 1. The predicted octanol–water partition coefficient (Wildman–Crippen LogP) is 2.24. The summed E-state index contributed by atoms with van der Waals surface area (Å²) in [6.45, 7) is 2.85. The number of carbonyl (C=O) groups excluding carboxylic acids is 1. The van der Waals surface area contributed by atoms with Crippen LogP contribution in [0.2, 0.25) is 0 Å². The molecule has 2 aromatic rings. The molecule has 2 fully saturated rings.